The highest BCUT2D eigenvalue weighted by Crippen LogP contribution is 0.966. The first kappa shape index (κ1) is 9.90. The zero-order valence-corrected chi connectivity index (χ0v) is 2.43. The van der Waals surface area contributed by atoms with Crippen LogP contribution in [-0.2, 0) is 4.79 Å². The van der Waals surface area contributed by atoms with Crippen molar-refractivity contribution in [3.8, 4) is 0 Å². The molecule has 0 heterocycles. The van der Waals surface area contributed by atoms with Crippen LogP contribution in [0.25, 0.3) is 0 Å². The standard InChI is InChI=1S/CH2O2.H3N/c2-1-3;/h1H,(H,2,3);1H3/p+1. The Hall–Kier alpha value is -0.570. The zero-order valence-electron chi connectivity index (χ0n) is 2.43. The molecule has 5 N–H and O–H groups in total. The number of quaternary nitrogens is 1. The van der Waals surface area contributed by atoms with Crippen molar-refractivity contribution < 1.29 is 9.90 Å². The molecule has 4 heavy (non-hydrogen) atoms. The highest BCUT2D eigenvalue weighted by Gasteiger charge is 1.22. The van der Waals surface area contributed by atoms with Crippen molar-refractivity contribution in [2.75, 3.05) is 0 Å². The van der Waals surface area contributed by atoms with E-state index >= 15 is 0 Å². The fourth-order valence-corrected chi connectivity index (χ4v) is 0. The van der Waals surface area contributed by atoms with Gasteiger partial charge >= 0.3 is 0 Å². The summed E-state index contributed by atoms with van der Waals surface area (Å²) in [4.78, 5) is 8.36. The summed E-state index contributed by atoms with van der Waals surface area (Å²) in [5.41, 5.74) is 0. The number of hydrogen-bond acceptors (Lipinski definition) is 1. The van der Waals surface area contributed by atoms with Gasteiger partial charge in [0, 0.05) is 0 Å². The van der Waals surface area contributed by atoms with Gasteiger partial charge in [0.25, 0.3) is 6.47 Å². The van der Waals surface area contributed by atoms with E-state index in [1.165, 1.54) is 0 Å². The molecule has 0 aromatic heterocycles. The number of carbonyl (C=O) groups is 1. The van der Waals surface area contributed by atoms with Crippen LogP contribution in [0.4, 0.5) is 0 Å². The van der Waals surface area contributed by atoms with Crippen molar-refractivity contribution in [1.29, 1.82) is 0 Å². The zero-order chi connectivity index (χ0) is 2.71. The third-order valence-corrected chi connectivity index (χ3v) is 0. The Morgan fingerprint density at radius 3 is 1.75 bits per heavy atom. The molecule has 0 bridgehead atoms. The topological polar surface area (TPSA) is 73.8 Å². The average molecular weight is 64.1 g/mol. The van der Waals surface area contributed by atoms with E-state index in [0.29, 0.717) is 0 Å². The van der Waals surface area contributed by atoms with Crippen LogP contribution in [-0.4, -0.2) is 11.6 Å². The minimum absolute atomic E-state index is 0. The second-order valence-corrected chi connectivity index (χ2v) is 0.105. The number of rotatable bonds is 0. The Kier molecular flexibility index (Phi) is 66.5. The predicted octanol–water partition coefficient (Wildman–Crippen LogP) is 0.0770. The molecule has 3 heteroatoms. The molecule has 0 aliphatic heterocycles. The van der Waals surface area contributed by atoms with E-state index in [-0.39, 0.29) is 12.6 Å². The molecule has 0 atom stereocenters. The van der Waals surface area contributed by atoms with Crippen LogP contribution >= 0.6 is 0 Å². The van der Waals surface area contributed by atoms with E-state index in [1.54, 1.807) is 0 Å². The molecular weight excluding hydrogens is 58.0 g/mol. The Labute approximate surface area is 23.8 Å². The van der Waals surface area contributed by atoms with E-state index in [9.17, 15) is 0 Å². The summed E-state index contributed by atoms with van der Waals surface area (Å²) < 4.78 is 0. The molecule has 0 aromatic carbocycles. The Morgan fingerprint density at radius 1 is 1.75 bits per heavy atom. The monoisotopic (exact) mass is 64.0 g/mol. The summed E-state index contributed by atoms with van der Waals surface area (Å²) in [6.45, 7) is -0.250. The minimum atomic E-state index is -0.250. The second-order valence-electron chi connectivity index (χ2n) is 0.105. The smallest absolute Gasteiger partial charge is 0.290 e. The number of hydrogen-bond donors (Lipinski definition) is 2. The van der Waals surface area contributed by atoms with E-state index in [0.717, 1.165) is 0 Å². The van der Waals surface area contributed by atoms with E-state index in [4.69, 9.17) is 9.90 Å². The minimum Gasteiger partial charge on any atom is -0.483 e. The maximum absolute atomic E-state index is 8.36. The van der Waals surface area contributed by atoms with Gasteiger partial charge in [0.05, 0.1) is 0 Å². The third kappa shape index (κ3) is 0.814. The fraction of sp³-hybridized carbons (Fsp3) is 0. The summed E-state index contributed by atoms with van der Waals surface area (Å²) in [7, 11) is 0. The predicted molar refractivity (Wildman–Crippen MR) is 14.7 cm³/mol. The van der Waals surface area contributed by atoms with Gasteiger partial charge in [-0.15, -0.1) is 0 Å². The first-order chi connectivity index (χ1) is 1.41. The molecule has 0 aliphatic rings. The Morgan fingerprint density at radius 2 is 1.75 bits per heavy atom. The van der Waals surface area contributed by atoms with Gasteiger partial charge in [-0.2, -0.15) is 0 Å². The van der Waals surface area contributed by atoms with E-state index in [1.807, 2.05) is 0 Å². The molecule has 0 amide bonds. The molecule has 26 valence electrons. The molecule has 0 unspecified atom stereocenters. The summed E-state index contributed by atoms with van der Waals surface area (Å²) in [6.07, 6.45) is 0. The van der Waals surface area contributed by atoms with Crippen molar-refractivity contribution in [2.24, 2.45) is 0 Å². The third-order valence-electron chi connectivity index (χ3n) is 0. The Bertz CT molecular complexity index is 13.5. The summed E-state index contributed by atoms with van der Waals surface area (Å²) in [5.74, 6) is 0. The molecule has 0 radical (unpaired) electrons. The lowest BCUT2D eigenvalue weighted by Crippen LogP contribution is -1.49. The molecule has 0 aromatic rings. The van der Waals surface area contributed by atoms with Gasteiger partial charge in [-0.1, -0.05) is 0 Å². The molecule has 0 saturated heterocycles. The lowest BCUT2D eigenvalue weighted by atomic mass is 11.7. The maximum atomic E-state index is 8.36. The summed E-state index contributed by atoms with van der Waals surface area (Å²) in [5, 5.41) is 6.89. The molecule has 3 nitrogen and oxygen atoms in total. The SMILES string of the molecule is O=CO.[NH4+]. The quantitative estimate of drug-likeness (QED) is 0.391. The first-order valence-electron chi connectivity index (χ1n) is 0.494. The second kappa shape index (κ2) is 26.9. The van der Waals surface area contributed by atoms with Crippen LogP contribution in [0.15, 0.2) is 0 Å². The summed E-state index contributed by atoms with van der Waals surface area (Å²) in [6, 6.07) is 0. The van der Waals surface area contributed by atoms with Gasteiger partial charge in [-0.3, -0.25) is 4.79 Å². The highest BCUT2D eigenvalue weighted by atomic mass is 16.3. The summed E-state index contributed by atoms with van der Waals surface area (Å²) >= 11 is 0. The van der Waals surface area contributed by atoms with E-state index < -0.39 is 0 Å². The fourth-order valence-electron chi connectivity index (χ4n) is 0. The molecule has 0 spiro atoms. The van der Waals surface area contributed by atoms with Crippen LogP contribution in [0.2, 0.25) is 0 Å². The first-order valence-corrected chi connectivity index (χ1v) is 0.494. The molecule has 0 aliphatic carbocycles. The normalized spacial score (nSPS) is 3.00. The Balaban J connectivity index is 0. The highest BCUT2D eigenvalue weighted by molar-refractivity contribution is 5.32. The van der Waals surface area contributed by atoms with Crippen molar-refractivity contribution in [3.63, 3.8) is 0 Å². The van der Waals surface area contributed by atoms with Crippen molar-refractivity contribution in [2.45, 2.75) is 0 Å². The van der Waals surface area contributed by atoms with Crippen LogP contribution in [0.3, 0.4) is 0 Å². The van der Waals surface area contributed by atoms with Crippen LogP contribution < -0.4 is 6.15 Å². The van der Waals surface area contributed by atoms with Crippen LogP contribution in [0.1, 0.15) is 0 Å². The average Bonchev–Trinajstić information content (AvgIpc) is 0.918. The van der Waals surface area contributed by atoms with Gasteiger partial charge in [0.1, 0.15) is 0 Å². The lowest BCUT2D eigenvalue weighted by molar-refractivity contribution is -0.122. The van der Waals surface area contributed by atoms with Crippen molar-refractivity contribution in [1.82, 2.24) is 6.15 Å². The van der Waals surface area contributed by atoms with Crippen molar-refractivity contribution in [3.05, 3.63) is 0 Å². The van der Waals surface area contributed by atoms with Crippen LogP contribution in [0.5, 0.6) is 0 Å². The van der Waals surface area contributed by atoms with Crippen molar-refractivity contribution >= 4 is 6.47 Å². The molecular formula is CH6NO2+. The molecule has 0 rings (SSSR count). The number of carboxylic acid groups (broad SMARTS) is 1. The van der Waals surface area contributed by atoms with Crippen LogP contribution in [0, 0.1) is 0 Å². The largest absolute Gasteiger partial charge is 0.483 e. The maximum Gasteiger partial charge on any atom is 0.290 e. The molecule has 0 saturated carbocycles. The van der Waals surface area contributed by atoms with Gasteiger partial charge in [0.15, 0.2) is 0 Å². The van der Waals surface area contributed by atoms with E-state index in [2.05, 4.69) is 0 Å². The molecule has 0 fully saturated rings. The van der Waals surface area contributed by atoms with Gasteiger partial charge in [0.2, 0.25) is 0 Å². The van der Waals surface area contributed by atoms with Gasteiger partial charge in [-0.05, 0) is 0 Å². The van der Waals surface area contributed by atoms with Gasteiger partial charge in [-0.25, -0.2) is 0 Å². The van der Waals surface area contributed by atoms with Gasteiger partial charge < -0.3 is 11.3 Å². The lowest BCUT2D eigenvalue weighted by Gasteiger charge is -1.34.